The average Bonchev–Trinajstić information content (AvgIpc) is 1.92. The van der Waals surface area contributed by atoms with Gasteiger partial charge in [0.25, 0.3) is 0 Å². The molecule has 0 fully saturated rings. The quantitative estimate of drug-likeness (QED) is 0.531. The largest absolute Gasteiger partial charge is 0.395 e. The first kappa shape index (κ1) is 9.36. The molecule has 0 aromatic rings. The Morgan fingerprint density at radius 2 is 1.92 bits per heavy atom. The van der Waals surface area contributed by atoms with Gasteiger partial charge in [0.2, 0.25) is 0 Å². The maximum absolute atomic E-state index is 12.3. The van der Waals surface area contributed by atoms with Gasteiger partial charge < -0.3 is 0 Å². The second kappa shape index (κ2) is 2.96. The van der Waals surface area contributed by atoms with E-state index in [1.54, 1.807) is 26.0 Å². The number of halogens is 3. The molecule has 0 spiro atoms. The molecule has 0 heterocycles. The summed E-state index contributed by atoms with van der Waals surface area (Å²) in [5.74, 6) is -1.74. The summed E-state index contributed by atoms with van der Waals surface area (Å²) in [6, 6.07) is 0. The van der Waals surface area contributed by atoms with Gasteiger partial charge >= 0.3 is 6.18 Å². The van der Waals surface area contributed by atoms with Crippen LogP contribution in [0.15, 0.2) is 23.8 Å². The second-order valence-electron chi connectivity index (χ2n) is 3.20. The van der Waals surface area contributed by atoms with Gasteiger partial charge in [-0.3, -0.25) is 0 Å². The van der Waals surface area contributed by atoms with Gasteiger partial charge in [-0.25, -0.2) is 0 Å². The van der Waals surface area contributed by atoms with Crippen LogP contribution in [0.25, 0.3) is 0 Å². The summed E-state index contributed by atoms with van der Waals surface area (Å²) in [7, 11) is 0. The maximum atomic E-state index is 12.3. The fourth-order valence-electron chi connectivity index (χ4n) is 1.31. The highest BCUT2D eigenvalue weighted by atomic mass is 19.4. The van der Waals surface area contributed by atoms with Crippen LogP contribution in [0.4, 0.5) is 13.2 Å². The SMILES string of the molecule is CC1=CC(C(F)(F)F)[C@H](C)C=C1. The molecular formula is C9H11F3. The monoisotopic (exact) mass is 176 g/mol. The van der Waals surface area contributed by atoms with Crippen LogP contribution in [0, 0.1) is 11.8 Å². The number of hydrogen-bond donors (Lipinski definition) is 0. The molecule has 0 aromatic carbocycles. The molecule has 0 N–H and O–H groups in total. The highest BCUT2D eigenvalue weighted by molar-refractivity contribution is 5.24. The smallest absolute Gasteiger partial charge is 0.170 e. The third-order valence-corrected chi connectivity index (χ3v) is 2.05. The molecule has 1 aliphatic carbocycles. The molecule has 68 valence electrons. The molecule has 12 heavy (non-hydrogen) atoms. The predicted octanol–water partition coefficient (Wildman–Crippen LogP) is 3.32. The minimum Gasteiger partial charge on any atom is -0.170 e. The number of hydrogen-bond acceptors (Lipinski definition) is 0. The summed E-state index contributed by atoms with van der Waals surface area (Å²) in [4.78, 5) is 0. The van der Waals surface area contributed by atoms with Crippen LogP contribution in [0.1, 0.15) is 13.8 Å². The van der Waals surface area contributed by atoms with Gasteiger partial charge in [0.15, 0.2) is 0 Å². The van der Waals surface area contributed by atoms with E-state index in [1.807, 2.05) is 0 Å². The summed E-state index contributed by atoms with van der Waals surface area (Å²) in [6.07, 6.45) is 0.510. The Labute approximate surface area is 69.8 Å². The van der Waals surface area contributed by atoms with Crippen molar-refractivity contribution in [1.82, 2.24) is 0 Å². The van der Waals surface area contributed by atoms with Gasteiger partial charge in [-0.15, -0.1) is 0 Å². The zero-order chi connectivity index (χ0) is 9.35. The van der Waals surface area contributed by atoms with Gasteiger partial charge in [0.1, 0.15) is 0 Å². The van der Waals surface area contributed by atoms with Crippen molar-refractivity contribution in [2.75, 3.05) is 0 Å². The Morgan fingerprint density at radius 1 is 1.33 bits per heavy atom. The van der Waals surface area contributed by atoms with E-state index in [0.717, 1.165) is 0 Å². The van der Waals surface area contributed by atoms with E-state index >= 15 is 0 Å². The summed E-state index contributed by atoms with van der Waals surface area (Å²) in [6.45, 7) is 3.26. The Balaban J connectivity index is 2.85. The molecule has 3 heteroatoms. The first-order valence-corrected chi connectivity index (χ1v) is 3.84. The third-order valence-electron chi connectivity index (χ3n) is 2.05. The van der Waals surface area contributed by atoms with E-state index in [0.29, 0.717) is 5.57 Å². The molecule has 0 saturated heterocycles. The number of rotatable bonds is 0. The standard InChI is InChI=1S/C9H11F3/c1-6-3-4-7(2)8(5-6)9(10,11)12/h3-5,7-8H,1-2H3/t7-,8?/m1/s1. The van der Waals surface area contributed by atoms with E-state index in [-0.39, 0.29) is 0 Å². The number of allylic oxidation sites excluding steroid dienone is 4. The first-order valence-electron chi connectivity index (χ1n) is 3.84. The molecule has 0 aliphatic heterocycles. The molecule has 0 nitrogen and oxygen atoms in total. The van der Waals surface area contributed by atoms with Crippen molar-refractivity contribution in [3.63, 3.8) is 0 Å². The van der Waals surface area contributed by atoms with E-state index in [4.69, 9.17) is 0 Å². The molecule has 0 saturated carbocycles. The van der Waals surface area contributed by atoms with Crippen LogP contribution in [-0.4, -0.2) is 6.18 Å². The van der Waals surface area contributed by atoms with E-state index in [2.05, 4.69) is 0 Å². The van der Waals surface area contributed by atoms with E-state index in [1.165, 1.54) is 6.08 Å². The Morgan fingerprint density at radius 3 is 2.33 bits per heavy atom. The minimum atomic E-state index is -4.11. The van der Waals surface area contributed by atoms with Gasteiger partial charge in [0.05, 0.1) is 5.92 Å². The Hall–Kier alpha value is -0.730. The lowest BCUT2D eigenvalue weighted by Gasteiger charge is -2.24. The normalized spacial score (nSPS) is 30.2. The van der Waals surface area contributed by atoms with Crippen molar-refractivity contribution >= 4 is 0 Å². The van der Waals surface area contributed by atoms with E-state index in [9.17, 15) is 13.2 Å². The zero-order valence-corrected chi connectivity index (χ0v) is 7.02. The average molecular weight is 176 g/mol. The zero-order valence-electron chi connectivity index (χ0n) is 7.02. The van der Waals surface area contributed by atoms with Gasteiger partial charge in [-0.2, -0.15) is 13.2 Å². The lowest BCUT2D eigenvalue weighted by Crippen LogP contribution is -2.27. The fourth-order valence-corrected chi connectivity index (χ4v) is 1.31. The van der Waals surface area contributed by atoms with Crippen molar-refractivity contribution in [2.24, 2.45) is 11.8 Å². The van der Waals surface area contributed by atoms with Crippen LogP contribution in [0.2, 0.25) is 0 Å². The molecule has 0 radical (unpaired) electrons. The summed E-state index contributed by atoms with van der Waals surface area (Å²) < 4.78 is 36.9. The molecule has 1 unspecified atom stereocenters. The molecule has 0 bridgehead atoms. The second-order valence-corrected chi connectivity index (χ2v) is 3.20. The molecule has 2 atom stereocenters. The first-order chi connectivity index (χ1) is 5.41. The Kier molecular flexibility index (Phi) is 2.31. The third kappa shape index (κ3) is 1.90. The predicted molar refractivity (Wildman–Crippen MR) is 41.6 cm³/mol. The summed E-state index contributed by atoms with van der Waals surface area (Å²) >= 11 is 0. The molecule has 1 rings (SSSR count). The summed E-state index contributed by atoms with van der Waals surface area (Å²) in [5, 5.41) is 0. The van der Waals surface area contributed by atoms with Crippen molar-refractivity contribution < 1.29 is 13.2 Å². The lowest BCUT2D eigenvalue weighted by molar-refractivity contribution is -0.169. The van der Waals surface area contributed by atoms with Gasteiger partial charge in [-0.05, 0) is 12.8 Å². The van der Waals surface area contributed by atoms with Crippen LogP contribution in [0.3, 0.4) is 0 Å². The highest BCUT2D eigenvalue weighted by Crippen LogP contribution is 2.36. The van der Waals surface area contributed by atoms with Crippen LogP contribution in [0.5, 0.6) is 0 Å². The minimum absolute atomic E-state index is 0.436. The molecule has 0 aromatic heterocycles. The highest BCUT2D eigenvalue weighted by Gasteiger charge is 2.41. The number of alkyl halides is 3. The topological polar surface area (TPSA) is 0 Å². The van der Waals surface area contributed by atoms with Crippen LogP contribution < -0.4 is 0 Å². The van der Waals surface area contributed by atoms with Crippen molar-refractivity contribution in [3.8, 4) is 0 Å². The molecule has 1 aliphatic rings. The van der Waals surface area contributed by atoms with Gasteiger partial charge in [0, 0.05) is 0 Å². The van der Waals surface area contributed by atoms with Crippen molar-refractivity contribution in [3.05, 3.63) is 23.8 Å². The van der Waals surface area contributed by atoms with Crippen LogP contribution in [-0.2, 0) is 0 Å². The van der Waals surface area contributed by atoms with Crippen LogP contribution >= 0.6 is 0 Å². The summed E-state index contributed by atoms with van der Waals surface area (Å²) in [5.41, 5.74) is 0.690. The molecular weight excluding hydrogens is 165 g/mol. The fraction of sp³-hybridized carbons (Fsp3) is 0.556. The van der Waals surface area contributed by atoms with E-state index < -0.39 is 18.0 Å². The lowest BCUT2D eigenvalue weighted by atomic mass is 9.87. The van der Waals surface area contributed by atoms with Gasteiger partial charge in [-0.1, -0.05) is 30.7 Å². The molecule has 0 amide bonds. The Bertz CT molecular complexity index is 222. The van der Waals surface area contributed by atoms with Crippen molar-refractivity contribution in [2.45, 2.75) is 20.0 Å². The van der Waals surface area contributed by atoms with Crippen molar-refractivity contribution in [1.29, 1.82) is 0 Å². The maximum Gasteiger partial charge on any atom is 0.395 e.